The third-order valence-electron chi connectivity index (χ3n) is 2.64. The smallest absolute Gasteiger partial charge is 0.215 e. The largest absolute Gasteiger partial charge is 0.415 e. The maximum atomic E-state index is 5.87. The third kappa shape index (κ3) is 3.05. The molecule has 1 rings (SSSR count). The van der Waals surface area contributed by atoms with Crippen molar-refractivity contribution in [3.05, 3.63) is 0 Å². The minimum absolute atomic E-state index is 0.0344. The summed E-state index contributed by atoms with van der Waals surface area (Å²) in [6, 6.07) is 0. The highest BCUT2D eigenvalue weighted by atomic mass is 28.4. The molecule has 0 bridgehead atoms. The van der Waals surface area contributed by atoms with Gasteiger partial charge in [-0.2, -0.15) is 0 Å². The van der Waals surface area contributed by atoms with E-state index in [-0.39, 0.29) is 12.0 Å². The predicted octanol–water partition coefficient (Wildman–Crippen LogP) is 2.31. The van der Waals surface area contributed by atoms with Gasteiger partial charge in [0.15, 0.2) is 6.29 Å². The average Bonchev–Trinajstić information content (AvgIpc) is 2.01. The first kappa shape index (κ1) is 12.2. The third-order valence-corrected chi connectivity index (χ3v) is 5.76. The molecule has 84 valence electrons. The van der Waals surface area contributed by atoms with Crippen molar-refractivity contribution in [3.63, 3.8) is 0 Å². The minimum atomic E-state index is -1.68. The molecule has 2 unspecified atom stereocenters. The van der Waals surface area contributed by atoms with E-state index in [9.17, 15) is 0 Å². The Morgan fingerprint density at radius 3 is 2.43 bits per heavy atom. The normalized spacial score (nSPS) is 24.4. The summed E-state index contributed by atoms with van der Waals surface area (Å²) in [7, 11) is -1.68. The molecular formula is C10H22O3Si. The van der Waals surface area contributed by atoms with Crippen molar-refractivity contribution >= 4 is 8.32 Å². The lowest BCUT2D eigenvalue weighted by Crippen LogP contribution is -2.49. The minimum Gasteiger partial charge on any atom is -0.415 e. The first-order valence-corrected chi connectivity index (χ1v) is 8.49. The number of hydrogen-bond donors (Lipinski definition) is 0. The molecule has 14 heavy (non-hydrogen) atoms. The topological polar surface area (TPSA) is 27.7 Å². The standard InChI is InChI=1S/C10H22O3Si/c1-5-10(13-9-7-8-11-9)14(3,4)12-6-2/h9-10H,5-8H2,1-4H3. The Hall–Kier alpha value is 0.0969. The predicted molar refractivity (Wildman–Crippen MR) is 58.6 cm³/mol. The maximum absolute atomic E-state index is 5.87. The fraction of sp³-hybridized carbons (Fsp3) is 1.00. The van der Waals surface area contributed by atoms with Crippen molar-refractivity contribution in [2.45, 2.75) is 51.8 Å². The fourth-order valence-electron chi connectivity index (χ4n) is 1.72. The highest BCUT2D eigenvalue weighted by molar-refractivity contribution is 6.72. The van der Waals surface area contributed by atoms with Gasteiger partial charge in [-0.05, 0) is 26.4 Å². The van der Waals surface area contributed by atoms with Crippen LogP contribution in [0.3, 0.4) is 0 Å². The highest BCUT2D eigenvalue weighted by Crippen LogP contribution is 2.22. The van der Waals surface area contributed by atoms with Crippen molar-refractivity contribution < 1.29 is 13.9 Å². The lowest BCUT2D eigenvalue weighted by molar-refractivity contribution is -0.226. The van der Waals surface area contributed by atoms with Crippen LogP contribution >= 0.6 is 0 Å². The molecule has 1 aliphatic rings. The SMILES string of the molecule is CCO[Si](C)(C)C(CC)OC1CCO1. The summed E-state index contributed by atoms with van der Waals surface area (Å²) < 4.78 is 17.0. The Labute approximate surface area is 87.9 Å². The summed E-state index contributed by atoms with van der Waals surface area (Å²) in [5, 5.41) is 0. The Bertz CT molecular complexity index is 169. The van der Waals surface area contributed by atoms with E-state index in [0.717, 1.165) is 26.1 Å². The van der Waals surface area contributed by atoms with E-state index in [1.807, 2.05) is 6.92 Å². The van der Waals surface area contributed by atoms with Crippen LogP contribution in [0.4, 0.5) is 0 Å². The molecule has 0 radical (unpaired) electrons. The van der Waals surface area contributed by atoms with Crippen molar-refractivity contribution in [1.82, 2.24) is 0 Å². The molecule has 0 N–H and O–H groups in total. The van der Waals surface area contributed by atoms with Crippen LogP contribution in [0.1, 0.15) is 26.7 Å². The van der Waals surface area contributed by atoms with Gasteiger partial charge in [0, 0.05) is 13.0 Å². The summed E-state index contributed by atoms with van der Waals surface area (Å²) in [5.41, 5.74) is 0.257. The van der Waals surface area contributed by atoms with Gasteiger partial charge in [-0.15, -0.1) is 0 Å². The van der Waals surface area contributed by atoms with Crippen molar-refractivity contribution in [2.75, 3.05) is 13.2 Å². The molecule has 0 aromatic carbocycles. The molecule has 0 amide bonds. The molecule has 0 aromatic rings. The molecule has 0 spiro atoms. The van der Waals surface area contributed by atoms with E-state index in [2.05, 4.69) is 20.0 Å². The van der Waals surface area contributed by atoms with Crippen molar-refractivity contribution in [3.8, 4) is 0 Å². The van der Waals surface area contributed by atoms with E-state index < -0.39 is 8.32 Å². The second kappa shape index (κ2) is 5.26. The first-order chi connectivity index (χ1) is 6.60. The van der Waals surface area contributed by atoms with Crippen molar-refractivity contribution in [2.24, 2.45) is 0 Å². The zero-order valence-corrected chi connectivity index (χ0v) is 10.7. The molecule has 1 aliphatic heterocycles. The van der Waals surface area contributed by atoms with Crippen LogP contribution in [0, 0.1) is 0 Å². The second-order valence-corrected chi connectivity index (χ2v) is 8.30. The number of rotatable bonds is 6. The lowest BCUT2D eigenvalue weighted by Gasteiger charge is -2.36. The van der Waals surface area contributed by atoms with E-state index in [4.69, 9.17) is 13.9 Å². The quantitative estimate of drug-likeness (QED) is 0.640. The van der Waals surface area contributed by atoms with Gasteiger partial charge in [0.25, 0.3) is 0 Å². The summed E-state index contributed by atoms with van der Waals surface area (Å²) in [6.45, 7) is 10.2. The van der Waals surface area contributed by atoms with Crippen LogP contribution in [-0.4, -0.2) is 33.5 Å². The summed E-state index contributed by atoms with van der Waals surface area (Å²) >= 11 is 0. The zero-order chi connectivity index (χ0) is 10.6. The van der Waals surface area contributed by atoms with Crippen LogP contribution in [0.2, 0.25) is 13.1 Å². The Kier molecular flexibility index (Phi) is 4.57. The lowest BCUT2D eigenvalue weighted by atomic mass is 10.3. The van der Waals surface area contributed by atoms with Gasteiger partial charge < -0.3 is 13.9 Å². The molecule has 4 heteroatoms. The van der Waals surface area contributed by atoms with Gasteiger partial charge in [-0.3, -0.25) is 0 Å². The van der Waals surface area contributed by atoms with Gasteiger partial charge in [0.2, 0.25) is 8.32 Å². The summed E-state index contributed by atoms with van der Waals surface area (Å²) in [5.74, 6) is 0. The second-order valence-electron chi connectivity index (χ2n) is 4.16. The van der Waals surface area contributed by atoms with Gasteiger partial charge in [-0.1, -0.05) is 6.92 Å². The van der Waals surface area contributed by atoms with Gasteiger partial charge in [0.05, 0.1) is 12.3 Å². The van der Waals surface area contributed by atoms with Crippen LogP contribution in [-0.2, 0) is 13.9 Å². The first-order valence-electron chi connectivity index (χ1n) is 5.51. The van der Waals surface area contributed by atoms with Crippen LogP contribution in [0.25, 0.3) is 0 Å². The van der Waals surface area contributed by atoms with Crippen molar-refractivity contribution in [1.29, 1.82) is 0 Å². The molecule has 0 aromatic heterocycles. The Morgan fingerprint density at radius 2 is 2.07 bits per heavy atom. The molecule has 0 saturated carbocycles. The van der Waals surface area contributed by atoms with Gasteiger partial charge >= 0.3 is 0 Å². The maximum Gasteiger partial charge on any atom is 0.215 e. The Balaban J connectivity index is 2.41. The fourth-order valence-corrected chi connectivity index (χ4v) is 4.11. The Morgan fingerprint density at radius 1 is 1.43 bits per heavy atom. The van der Waals surface area contributed by atoms with Gasteiger partial charge in [0.1, 0.15) is 0 Å². The molecule has 0 aliphatic carbocycles. The average molecular weight is 218 g/mol. The molecular weight excluding hydrogens is 196 g/mol. The number of ether oxygens (including phenoxy) is 2. The molecule has 1 saturated heterocycles. The van der Waals surface area contributed by atoms with E-state index in [0.29, 0.717) is 0 Å². The summed E-state index contributed by atoms with van der Waals surface area (Å²) in [6.07, 6.45) is 2.08. The monoisotopic (exact) mass is 218 g/mol. The molecule has 1 heterocycles. The van der Waals surface area contributed by atoms with Crippen LogP contribution in [0.5, 0.6) is 0 Å². The summed E-state index contributed by atoms with van der Waals surface area (Å²) in [4.78, 5) is 0. The number of hydrogen-bond acceptors (Lipinski definition) is 3. The molecule has 1 fully saturated rings. The van der Waals surface area contributed by atoms with Crippen LogP contribution in [0.15, 0.2) is 0 Å². The molecule has 3 nitrogen and oxygen atoms in total. The van der Waals surface area contributed by atoms with Crippen LogP contribution < -0.4 is 0 Å². The van der Waals surface area contributed by atoms with Gasteiger partial charge in [-0.25, -0.2) is 0 Å². The van der Waals surface area contributed by atoms with E-state index in [1.54, 1.807) is 0 Å². The zero-order valence-electron chi connectivity index (χ0n) is 9.71. The van der Waals surface area contributed by atoms with E-state index >= 15 is 0 Å². The molecule has 2 atom stereocenters. The van der Waals surface area contributed by atoms with E-state index in [1.165, 1.54) is 0 Å². The highest BCUT2D eigenvalue weighted by Gasteiger charge is 2.36.